The van der Waals surface area contributed by atoms with Crippen LogP contribution >= 0.6 is 0 Å². The van der Waals surface area contributed by atoms with Gasteiger partial charge in [-0.05, 0) is 18.1 Å². The van der Waals surface area contributed by atoms with Crippen LogP contribution in [-0.2, 0) is 12.0 Å². The monoisotopic (exact) mass is 277 g/mol. The summed E-state index contributed by atoms with van der Waals surface area (Å²) >= 11 is 0. The number of aromatic nitrogens is 3. The Balaban J connectivity index is 1.88. The minimum absolute atomic E-state index is 0.567. The molecule has 3 aromatic rings. The lowest BCUT2D eigenvalue weighted by atomic mass is 9.82. The molecule has 0 fully saturated rings. The van der Waals surface area contributed by atoms with Crippen molar-refractivity contribution in [2.45, 2.75) is 18.4 Å². The van der Waals surface area contributed by atoms with Crippen LogP contribution in [0.25, 0.3) is 0 Å². The number of rotatable bonds is 2. The highest BCUT2D eigenvalue weighted by atomic mass is 16.5. The van der Waals surface area contributed by atoms with E-state index in [-0.39, 0.29) is 0 Å². The Morgan fingerprint density at radius 2 is 1.81 bits per heavy atom. The molecule has 1 N–H and O–H groups in total. The van der Waals surface area contributed by atoms with Gasteiger partial charge >= 0.3 is 0 Å². The van der Waals surface area contributed by atoms with Crippen molar-refractivity contribution < 1.29 is 4.74 Å². The van der Waals surface area contributed by atoms with Gasteiger partial charge in [-0.2, -0.15) is 15.4 Å². The molecular weight excluding hydrogens is 262 g/mol. The highest BCUT2D eigenvalue weighted by molar-refractivity contribution is 5.42. The topological polar surface area (TPSA) is 50.8 Å². The summed E-state index contributed by atoms with van der Waals surface area (Å²) in [7, 11) is 0. The maximum Gasteiger partial charge on any atom is 0.179 e. The van der Waals surface area contributed by atoms with Gasteiger partial charge in [0, 0.05) is 12.0 Å². The molecule has 1 aliphatic heterocycles. The number of benzene rings is 2. The molecule has 1 unspecified atom stereocenters. The van der Waals surface area contributed by atoms with Crippen LogP contribution in [0.5, 0.6) is 5.75 Å². The number of nitrogens with one attached hydrogen (secondary N) is 1. The van der Waals surface area contributed by atoms with Crippen molar-refractivity contribution >= 4 is 0 Å². The molecule has 2 heterocycles. The smallest absolute Gasteiger partial charge is 0.179 e. The first kappa shape index (κ1) is 12.1. The van der Waals surface area contributed by atoms with E-state index in [2.05, 4.69) is 33.6 Å². The molecule has 0 saturated heterocycles. The molecule has 4 nitrogen and oxygen atoms in total. The highest BCUT2D eigenvalue weighted by Crippen LogP contribution is 2.42. The van der Waals surface area contributed by atoms with E-state index in [0.29, 0.717) is 0 Å². The van der Waals surface area contributed by atoms with Crippen LogP contribution in [0.1, 0.15) is 23.2 Å². The summed E-state index contributed by atoms with van der Waals surface area (Å²) in [6.07, 6.45) is 3.55. The van der Waals surface area contributed by atoms with E-state index in [1.807, 2.05) is 36.4 Å². The molecule has 0 spiro atoms. The van der Waals surface area contributed by atoms with Gasteiger partial charge in [-0.15, -0.1) is 0 Å². The third-order valence-electron chi connectivity index (χ3n) is 4.07. The summed E-state index contributed by atoms with van der Waals surface area (Å²) in [5, 5.41) is 11.0. The standard InChI is InChI=1S/C17H15N3O/c1-2-7-14(8-3-1)17(16-12-18-20-19-16)11-10-13-6-4-5-9-15(13)21-17/h1-9,12H,10-11H2,(H,18,19,20). The molecule has 4 heteroatoms. The Morgan fingerprint density at radius 3 is 2.62 bits per heavy atom. The summed E-state index contributed by atoms with van der Waals surface area (Å²) in [5.41, 5.74) is 2.60. The van der Waals surface area contributed by atoms with Gasteiger partial charge in [-0.3, -0.25) is 0 Å². The van der Waals surface area contributed by atoms with E-state index < -0.39 is 5.60 Å². The van der Waals surface area contributed by atoms with Crippen molar-refractivity contribution in [2.75, 3.05) is 0 Å². The van der Waals surface area contributed by atoms with E-state index >= 15 is 0 Å². The molecule has 0 amide bonds. The molecule has 0 bridgehead atoms. The van der Waals surface area contributed by atoms with Gasteiger partial charge in [0.2, 0.25) is 0 Å². The Bertz CT molecular complexity index is 740. The third kappa shape index (κ3) is 1.91. The first-order valence-electron chi connectivity index (χ1n) is 7.07. The first-order chi connectivity index (χ1) is 10.4. The molecule has 0 aliphatic carbocycles. The Kier molecular flexibility index (Phi) is 2.74. The summed E-state index contributed by atoms with van der Waals surface area (Å²) < 4.78 is 6.43. The zero-order valence-electron chi connectivity index (χ0n) is 11.5. The summed E-state index contributed by atoms with van der Waals surface area (Å²) in [6, 6.07) is 18.4. The molecule has 0 saturated carbocycles. The fourth-order valence-electron chi connectivity index (χ4n) is 2.99. The molecule has 1 aliphatic rings. The Labute approximate surface area is 122 Å². The number of aromatic amines is 1. The van der Waals surface area contributed by atoms with E-state index in [1.165, 1.54) is 5.56 Å². The molecule has 0 radical (unpaired) electrons. The summed E-state index contributed by atoms with van der Waals surface area (Å²) in [4.78, 5) is 0. The SMILES string of the molecule is c1ccc(C2(c3cn[nH]n3)CCc3ccccc3O2)cc1. The molecule has 21 heavy (non-hydrogen) atoms. The van der Waals surface area contributed by atoms with Gasteiger partial charge < -0.3 is 4.74 Å². The van der Waals surface area contributed by atoms with Gasteiger partial charge in [-0.25, -0.2) is 0 Å². The zero-order chi connectivity index (χ0) is 14.1. The van der Waals surface area contributed by atoms with Crippen molar-refractivity contribution in [3.05, 3.63) is 77.6 Å². The van der Waals surface area contributed by atoms with Crippen molar-refractivity contribution in [2.24, 2.45) is 0 Å². The number of ether oxygens (including phenoxy) is 1. The maximum atomic E-state index is 6.43. The normalized spacial score (nSPS) is 20.6. The molecule has 1 atom stereocenters. The highest BCUT2D eigenvalue weighted by Gasteiger charge is 2.42. The number of hydrogen-bond donors (Lipinski definition) is 1. The Hall–Kier alpha value is -2.62. The Morgan fingerprint density at radius 1 is 1.00 bits per heavy atom. The largest absolute Gasteiger partial charge is 0.476 e. The van der Waals surface area contributed by atoms with Crippen LogP contribution in [-0.4, -0.2) is 15.4 Å². The zero-order valence-corrected chi connectivity index (χ0v) is 11.5. The third-order valence-corrected chi connectivity index (χ3v) is 4.07. The van der Waals surface area contributed by atoms with Gasteiger partial charge in [0.15, 0.2) is 5.60 Å². The van der Waals surface area contributed by atoms with Crippen molar-refractivity contribution in [1.29, 1.82) is 0 Å². The number of H-pyrrole nitrogens is 1. The van der Waals surface area contributed by atoms with Crippen LogP contribution in [0, 0.1) is 0 Å². The lowest BCUT2D eigenvalue weighted by Gasteiger charge is -2.37. The van der Waals surface area contributed by atoms with Gasteiger partial charge in [0.05, 0.1) is 6.20 Å². The molecule has 2 aromatic carbocycles. The second-order valence-electron chi connectivity index (χ2n) is 5.26. The van der Waals surface area contributed by atoms with E-state index in [1.54, 1.807) is 6.20 Å². The van der Waals surface area contributed by atoms with Crippen LogP contribution in [0.15, 0.2) is 60.8 Å². The second kappa shape index (κ2) is 4.74. The number of fused-ring (bicyclic) bond motifs is 1. The average Bonchev–Trinajstić information content (AvgIpc) is 3.10. The average molecular weight is 277 g/mol. The molecular formula is C17H15N3O. The van der Waals surface area contributed by atoms with Crippen molar-refractivity contribution in [3.63, 3.8) is 0 Å². The van der Waals surface area contributed by atoms with Gasteiger partial charge in [0.1, 0.15) is 11.4 Å². The quantitative estimate of drug-likeness (QED) is 0.783. The number of para-hydroxylation sites is 1. The predicted octanol–water partition coefficient (Wildman–Crippen LogP) is 3.07. The fourth-order valence-corrected chi connectivity index (χ4v) is 2.99. The van der Waals surface area contributed by atoms with Crippen LogP contribution < -0.4 is 4.74 Å². The lowest BCUT2D eigenvalue weighted by Crippen LogP contribution is -2.38. The van der Waals surface area contributed by atoms with Crippen molar-refractivity contribution in [3.8, 4) is 5.75 Å². The number of nitrogens with zero attached hydrogens (tertiary/aromatic N) is 2. The minimum Gasteiger partial charge on any atom is -0.476 e. The number of hydrogen-bond acceptors (Lipinski definition) is 3. The van der Waals surface area contributed by atoms with E-state index in [4.69, 9.17) is 4.74 Å². The lowest BCUT2D eigenvalue weighted by molar-refractivity contribution is 0.0805. The van der Waals surface area contributed by atoms with Gasteiger partial charge in [-0.1, -0.05) is 48.5 Å². The fraction of sp³-hybridized carbons (Fsp3) is 0.176. The second-order valence-corrected chi connectivity index (χ2v) is 5.26. The van der Waals surface area contributed by atoms with Crippen molar-refractivity contribution in [1.82, 2.24) is 15.4 Å². The van der Waals surface area contributed by atoms with Crippen LogP contribution in [0.2, 0.25) is 0 Å². The van der Waals surface area contributed by atoms with Gasteiger partial charge in [0.25, 0.3) is 0 Å². The summed E-state index contributed by atoms with van der Waals surface area (Å²) in [6.45, 7) is 0. The van der Waals surface area contributed by atoms with Crippen LogP contribution in [0.3, 0.4) is 0 Å². The maximum absolute atomic E-state index is 6.43. The predicted molar refractivity (Wildman–Crippen MR) is 79.0 cm³/mol. The van der Waals surface area contributed by atoms with Crippen LogP contribution in [0.4, 0.5) is 0 Å². The molecule has 104 valence electrons. The minimum atomic E-state index is -0.567. The molecule has 1 aromatic heterocycles. The number of aryl methyl sites for hydroxylation is 1. The summed E-state index contributed by atoms with van der Waals surface area (Å²) in [5.74, 6) is 0.926. The van der Waals surface area contributed by atoms with E-state index in [9.17, 15) is 0 Å². The van der Waals surface area contributed by atoms with E-state index in [0.717, 1.165) is 29.8 Å². The first-order valence-corrected chi connectivity index (χ1v) is 7.07. The molecule has 4 rings (SSSR count).